The first kappa shape index (κ1) is 9.88. The first-order valence-corrected chi connectivity index (χ1v) is 3.96. The summed E-state index contributed by atoms with van der Waals surface area (Å²) in [6.45, 7) is -0.105. The molecule has 1 aromatic carbocycles. The Balaban J connectivity index is 2.56. The maximum absolute atomic E-state index is 8.47. The zero-order valence-electron chi connectivity index (χ0n) is 7.43. The monoisotopic (exact) mass is 188 g/mol. The minimum absolute atomic E-state index is 0.105. The van der Waals surface area contributed by atoms with Gasteiger partial charge < -0.3 is 9.47 Å². The fraction of sp³-hybridized carbons (Fsp3) is 0.200. The number of nitrogens with zero attached hydrogens (tertiary/aromatic N) is 2. The molecule has 0 heterocycles. The Labute approximate surface area is 81.9 Å². The maximum Gasteiger partial charge on any atom is 0.289 e. The molecule has 0 saturated heterocycles. The lowest BCUT2D eigenvalue weighted by Gasteiger charge is -2.03. The van der Waals surface area contributed by atoms with E-state index in [4.69, 9.17) is 15.3 Å². The molecule has 1 aromatic rings. The summed E-state index contributed by atoms with van der Waals surface area (Å²) in [4.78, 5) is 0. The molecular weight excluding hydrogens is 180 g/mol. The Morgan fingerprint density at radius 2 is 2.14 bits per heavy atom. The van der Waals surface area contributed by atoms with Crippen molar-refractivity contribution >= 4 is 0 Å². The molecule has 1 rings (SSSR count). The van der Waals surface area contributed by atoms with E-state index in [0.717, 1.165) is 5.56 Å². The third kappa shape index (κ3) is 3.04. The highest BCUT2D eigenvalue weighted by molar-refractivity contribution is 5.29. The van der Waals surface area contributed by atoms with Crippen LogP contribution in [-0.4, -0.2) is 6.79 Å². The lowest BCUT2D eigenvalue weighted by molar-refractivity contribution is 0.0915. The minimum atomic E-state index is -0.105. The van der Waals surface area contributed by atoms with Crippen molar-refractivity contribution in [2.24, 2.45) is 0 Å². The van der Waals surface area contributed by atoms with Gasteiger partial charge >= 0.3 is 0 Å². The van der Waals surface area contributed by atoms with Crippen molar-refractivity contribution < 1.29 is 9.47 Å². The van der Waals surface area contributed by atoms with E-state index in [-0.39, 0.29) is 6.79 Å². The summed E-state index contributed by atoms with van der Waals surface area (Å²) in [7, 11) is 0. The highest BCUT2D eigenvalue weighted by atomic mass is 16.7. The summed E-state index contributed by atoms with van der Waals surface area (Å²) < 4.78 is 9.43. The fourth-order valence-electron chi connectivity index (χ4n) is 0.960. The summed E-state index contributed by atoms with van der Waals surface area (Å²) in [5, 5.41) is 16.6. The molecule has 0 aliphatic heterocycles. The van der Waals surface area contributed by atoms with Gasteiger partial charge in [0.1, 0.15) is 5.75 Å². The molecule has 0 unspecified atom stereocenters. The van der Waals surface area contributed by atoms with Gasteiger partial charge in [-0.3, -0.25) is 0 Å². The third-order valence-corrected chi connectivity index (χ3v) is 1.53. The van der Waals surface area contributed by atoms with Gasteiger partial charge in [-0.15, -0.1) is 0 Å². The lowest BCUT2D eigenvalue weighted by atomic mass is 10.2. The molecule has 0 N–H and O–H groups in total. The van der Waals surface area contributed by atoms with Gasteiger partial charge in [0.15, 0.2) is 0 Å². The van der Waals surface area contributed by atoms with E-state index in [0.29, 0.717) is 12.2 Å². The molecule has 0 aromatic heterocycles. The maximum atomic E-state index is 8.47. The Bertz CT molecular complexity index is 376. The summed E-state index contributed by atoms with van der Waals surface area (Å²) in [5.41, 5.74) is 0.877. The molecule has 0 bridgehead atoms. The van der Waals surface area contributed by atoms with Crippen LogP contribution in [0.1, 0.15) is 5.56 Å². The molecular formula is C10H8N2O2. The fourth-order valence-corrected chi connectivity index (χ4v) is 0.960. The van der Waals surface area contributed by atoms with E-state index < -0.39 is 0 Å². The zero-order valence-corrected chi connectivity index (χ0v) is 7.43. The molecule has 0 saturated carbocycles. The molecule has 4 nitrogen and oxygen atoms in total. The van der Waals surface area contributed by atoms with Crippen LogP contribution in [0.15, 0.2) is 24.3 Å². The van der Waals surface area contributed by atoms with Gasteiger partial charge in [-0.05, 0) is 17.7 Å². The highest BCUT2D eigenvalue weighted by Crippen LogP contribution is 2.13. The number of hydrogen-bond acceptors (Lipinski definition) is 4. The molecule has 0 atom stereocenters. The Morgan fingerprint density at radius 1 is 1.29 bits per heavy atom. The van der Waals surface area contributed by atoms with Gasteiger partial charge in [0, 0.05) is 0 Å². The summed E-state index contributed by atoms with van der Waals surface area (Å²) >= 11 is 0. The number of rotatable bonds is 4. The van der Waals surface area contributed by atoms with Gasteiger partial charge in [0.2, 0.25) is 6.79 Å². The van der Waals surface area contributed by atoms with Gasteiger partial charge in [-0.1, -0.05) is 12.1 Å². The average Bonchev–Trinajstić information content (AvgIpc) is 2.19. The van der Waals surface area contributed by atoms with Crippen LogP contribution in [0.25, 0.3) is 0 Å². The first-order valence-electron chi connectivity index (χ1n) is 3.96. The molecule has 0 fully saturated rings. The number of hydrogen-bond donors (Lipinski definition) is 0. The molecule has 0 radical (unpaired) electrons. The van der Waals surface area contributed by atoms with E-state index in [2.05, 4.69) is 4.74 Å². The molecule has 0 aliphatic carbocycles. The number of benzene rings is 1. The number of ether oxygens (including phenoxy) is 2. The second-order valence-electron chi connectivity index (χ2n) is 2.48. The van der Waals surface area contributed by atoms with Crippen molar-refractivity contribution in [3.8, 4) is 18.1 Å². The third-order valence-electron chi connectivity index (χ3n) is 1.53. The van der Waals surface area contributed by atoms with Crippen LogP contribution in [0.5, 0.6) is 5.75 Å². The standard InChI is InChI=1S/C10H8N2O2/c11-5-4-9-2-1-3-10(6-9)14-8-13-7-12/h1-3,6H,4,8H2. The van der Waals surface area contributed by atoms with Crippen molar-refractivity contribution in [1.29, 1.82) is 10.5 Å². The van der Waals surface area contributed by atoms with Gasteiger partial charge in [0.05, 0.1) is 12.5 Å². The smallest absolute Gasteiger partial charge is 0.289 e. The molecule has 14 heavy (non-hydrogen) atoms. The van der Waals surface area contributed by atoms with Crippen molar-refractivity contribution in [3.05, 3.63) is 29.8 Å². The number of nitriles is 2. The van der Waals surface area contributed by atoms with Gasteiger partial charge in [0.25, 0.3) is 6.26 Å². The van der Waals surface area contributed by atoms with Crippen LogP contribution in [0.4, 0.5) is 0 Å². The van der Waals surface area contributed by atoms with Crippen molar-refractivity contribution in [3.63, 3.8) is 0 Å². The molecule has 0 amide bonds. The molecule has 70 valence electrons. The van der Waals surface area contributed by atoms with E-state index >= 15 is 0 Å². The minimum Gasteiger partial charge on any atom is -0.457 e. The normalized spacial score (nSPS) is 8.43. The summed E-state index contributed by atoms with van der Waals surface area (Å²) in [6.07, 6.45) is 1.84. The van der Waals surface area contributed by atoms with E-state index in [1.807, 2.05) is 12.1 Å². The molecule has 0 spiro atoms. The van der Waals surface area contributed by atoms with Crippen LogP contribution in [-0.2, 0) is 11.2 Å². The second-order valence-corrected chi connectivity index (χ2v) is 2.48. The average molecular weight is 188 g/mol. The van der Waals surface area contributed by atoms with E-state index in [9.17, 15) is 0 Å². The summed E-state index contributed by atoms with van der Waals surface area (Å²) in [5.74, 6) is 0.591. The van der Waals surface area contributed by atoms with Gasteiger partial charge in [-0.25, -0.2) is 0 Å². The Morgan fingerprint density at radius 3 is 2.86 bits per heavy atom. The predicted molar refractivity (Wildman–Crippen MR) is 48.0 cm³/mol. The van der Waals surface area contributed by atoms with Crippen molar-refractivity contribution in [2.45, 2.75) is 6.42 Å². The van der Waals surface area contributed by atoms with E-state index in [1.165, 1.54) is 6.26 Å². The Kier molecular flexibility index (Phi) is 3.85. The first-order chi connectivity index (χ1) is 6.86. The SMILES string of the molecule is N#CCc1cccc(OCOC#N)c1. The van der Waals surface area contributed by atoms with Crippen LogP contribution < -0.4 is 4.74 Å². The largest absolute Gasteiger partial charge is 0.457 e. The van der Waals surface area contributed by atoms with Crippen molar-refractivity contribution in [2.75, 3.05) is 6.79 Å². The zero-order chi connectivity index (χ0) is 10.2. The highest BCUT2D eigenvalue weighted by Gasteiger charge is 1.96. The predicted octanol–water partition coefficient (Wildman–Crippen LogP) is 1.59. The second kappa shape index (κ2) is 5.45. The molecule has 0 aliphatic rings. The van der Waals surface area contributed by atoms with Crippen molar-refractivity contribution in [1.82, 2.24) is 0 Å². The van der Waals surface area contributed by atoms with Crippen LogP contribution in [0.2, 0.25) is 0 Å². The summed E-state index contributed by atoms with van der Waals surface area (Å²) in [6, 6.07) is 9.14. The topological polar surface area (TPSA) is 66.0 Å². The molecule has 4 heteroatoms. The lowest BCUT2D eigenvalue weighted by Crippen LogP contribution is -1.98. The van der Waals surface area contributed by atoms with Crippen LogP contribution >= 0.6 is 0 Å². The van der Waals surface area contributed by atoms with Crippen LogP contribution in [0, 0.1) is 22.8 Å². The Hall–Kier alpha value is -2.20. The van der Waals surface area contributed by atoms with Gasteiger partial charge in [-0.2, -0.15) is 10.5 Å². The van der Waals surface area contributed by atoms with E-state index in [1.54, 1.807) is 18.2 Å². The van der Waals surface area contributed by atoms with Crippen LogP contribution in [0.3, 0.4) is 0 Å². The quantitative estimate of drug-likeness (QED) is 0.408.